The fourth-order valence-electron chi connectivity index (χ4n) is 2.24. The first kappa shape index (κ1) is 9.94. The normalized spacial score (nSPS) is 23.5. The lowest BCUT2D eigenvalue weighted by Crippen LogP contribution is -2.18. The van der Waals surface area contributed by atoms with E-state index in [1.807, 2.05) is 0 Å². The Morgan fingerprint density at radius 3 is 1.36 bits per heavy atom. The van der Waals surface area contributed by atoms with Gasteiger partial charge in [0.05, 0.1) is 0 Å². The monoisotopic (exact) mass is 190 g/mol. The lowest BCUT2D eigenvalue weighted by atomic mass is 10.4. The zero-order chi connectivity index (χ0) is 8.48. The van der Waals surface area contributed by atoms with Gasteiger partial charge in [-0.05, 0) is 39.5 Å². The standard InChI is InChI=1S/C9H20P2/c1-10(2)9(11(3)4)7-5-6-8-9/h5-8H2,1-4H3. The molecule has 2 heteroatoms. The first-order valence-electron chi connectivity index (χ1n) is 4.44. The van der Waals surface area contributed by atoms with Crippen molar-refractivity contribution in [2.45, 2.75) is 30.6 Å². The van der Waals surface area contributed by atoms with Crippen molar-refractivity contribution in [3.05, 3.63) is 0 Å². The average molecular weight is 190 g/mol. The first-order valence-corrected chi connectivity index (χ1v) is 8.92. The summed E-state index contributed by atoms with van der Waals surface area (Å²) in [5.41, 5.74) is 0. The fraction of sp³-hybridized carbons (Fsp3) is 1.00. The Morgan fingerprint density at radius 2 is 1.18 bits per heavy atom. The molecule has 1 fully saturated rings. The molecular weight excluding hydrogens is 170 g/mol. The van der Waals surface area contributed by atoms with Crippen molar-refractivity contribution in [1.82, 2.24) is 0 Å². The third-order valence-electron chi connectivity index (χ3n) is 3.07. The van der Waals surface area contributed by atoms with Crippen LogP contribution in [0.25, 0.3) is 0 Å². The molecule has 0 aromatic carbocycles. The Balaban J connectivity index is 2.70. The van der Waals surface area contributed by atoms with Gasteiger partial charge in [0.15, 0.2) is 0 Å². The lowest BCUT2D eigenvalue weighted by molar-refractivity contribution is 0.817. The third-order valence-corrected chi connectivity index (χ3v) is 9.69. The smallest absolute Gasteiger partial charge is 0.00961 e. The molecule has 0 bridgehead atoms. The summed E-state index contributed by atoms with van der Waals surface area (Å²) in [5, 5.41) is 0. The molecule has 0 unspecified atom stereocenters. The molecule has 0 N–H and O–H groups in total. The molecule has 11 heavy (non-hydrogen) atoms. The van der Waals surface area contributed by atoms with Gasteiger partial charge in [0.25, 0.3) is 0 Å². The highest BCUT2D eigenvalue weighted by Gasteiger charge is 2.39. The highest BCUT2D eigenvalue weighted by atomic mass is 31.2. The molecule has 0 saturated heterocycles. The molecule has 1 rings (SSSR count). The topological polar surface area (TPSA) is 0 Å². The summed E-state index contributed by atoms with van der Waals surface area (Å²) in [7, 11) is 0.607. The van der Waals surface area contributed by atoms with Gasteiger partial charge in [-0.1, -0.05) is 12.8 Å². The van der Waals surface area contributed by atoms with Gasteiger partial charge >= 0.3 is 0 Å². The molecular formula is C9H20P2. The maximum absolute atomic E-state index is 2.48. The molecule has 1 aliphatic rings. The highest BCUT2D eigenvalue weighted by Crippen LogP contribution is 2.67. The first-order chi connectivity index (χ1) is 5.09. The van der Waals surface area contributed by atoms with Crippen LogP contribution < -0.4 is 0 Å². The van der Waals surface area contributed by atoms with E-state index in [0.29, 0.717) is 15.8 Å². The van der Waals surface area contributed by atoms with E-state index in [-0.39, 0.29) is 0 Å². The van der Waals surface area contributed by atoms with Gasteiger partial charge in [-0.25, -0.2) is 0 Å². The van der Waals surface area contributed by atoms with E-state index in [1.165, 1.54) is 25.7 Å². The predicted molar refractivity (Wildman–Crippen MR) is 58.7 cm³/mol. The van der Waals surface area contributed by atoms with Crippen molar-refractivity contribution < 1.29 is 0 Å². The Hall–Kier alpha value is 0.860. The minimum atomic E-state index is 0.303. The summed E-state index contributed by atoms with van der Waals surface area (Å²) >= 11 is 0. The van der Waals surface area contributed by atoms with E-state index in [0.717, 1.165) is 4.90 Å². The van der Waals surface area contributed by atoms with Crippen molar-refractivity contribution in [3.63, 3.8) is 0 Å². The van der Waals surface area contributed by atoms with Crippen molar-refractivity contribution in [3.8, 4) is 0 Å². The molecule has 1 saturated carbocycles. The summed E-state index contributed by atoms with van der Waals surface area (Å²) in [4.78, 5) is 0.824. The Kier molecular flexibility index (Phi) is 3.36. The third kappa shape index (κ3) is 1.78. The lowest BCUT2D eigenvalue weighted by Gasteiger charge is -2.38. The summed E-state index contributed by atoms with van der Waals surface area (Å²) in [5.74, 6) is 0. The maximum atomic E-state index is 2.48. The highest BCUT2D eigenvalue weighted by molar-refractivity contribution is 7.76. The number of rotatable bonds is 2. The largest absolute Gasteiger partial charge is 0.102 e. The Morgan fingerprint density at radius 1 is 0.818 bits per heavy atom. The average Bonchev–Trinajstić information content (AvgIpc) is 2.34. The molecule has 0 heterocycles. The van der Waals surface area contributed by atoms with Crippen LogP contribution in [-0.2, 0) is 0 Å². The number of hydrogen-bond acceptors (Lipinski definition) is 0. The SMILES string of the molecule is CP(C)C1(P(C)C)CCCC1. The molecule has 0 radical (unpaired) electrons. The van der Waals surface area contributed by atoms with Gasteiger partial charge in [-0.2, -0.15) is 0 Å². The molecule has 0 aromatic heterocycles. The van der Waals surface area contributed by atoms with Crippen molar-refractivity contribution in [2.75, 3.05) is 26.7 Å². The second-order valence-corrected chi connectivity index (χ2v) is 9.62. The van der Waals surface area contributed by atoms with E-state index in [4.69, 9.17) is 0 Å². The van der Waals surface area contributed by atoms with Gasteiger partial charge < -0.3 is 0 Å². The Labute approximate surface area is 73.7 Å². The molecule has 0 spiro atoms. The molecule has 0 nitrogen and oxygen atoms in total. The molecule has 66 valence electrons. The van der Waals surface area contributed by atoms with Crippen LogP contribution in [0.3, 0.4) is 0 Å². The second kappa shape index (κ2) is 3.71. The van der Waals surface area contributed by atoms with E-state index < -0.39 is 0 Å². The fourth-order valence-corrected chi connectivity index (χ4v) is 7.86. The molecule has 0 aromatic rings. The minimum Gasteiger partial charge on any atom is -0.102 e. The zero-order valence-corrected chi connectivity index (χ0v) is 10.0. The van der Waals surface area contributed by atoms with Crippen LogP contribution >= 0.6 is 15.8 Å². The van der Waals surface area contributed by atoms with E-state index >= 15 is 0 Å². The maximum Gasteiger partial charge on any atom is 0.00961 e. The van der Waals surface area contributed by atoms with E-state index in [1.54, 1.807) is 0 Å². The molecule has 1 aliphatic carbocycles. The van der Waals surface area contributed by atoms with Crippen LogP contribution in [-0.4, -0.2) is 31.6 Å². The van der Waals surface area contributed by atoms with Gasteiger partial charge in [0, 0.05) is 4.90 Å². The quantitative estimate of drug-likeness (QED) is 0.582. The van der Waals surface area contributed by atoms with Crippen LogP contribution in [0.2, 0.25) is 0 Å². The summed E-state index contributed by atoms with van der Waals surface area (Å²) in [6, 6.07) is 0. The summed E-state index contributed by atoms with van der Waals surface area (Å²) in [6.45, 7) is 9.90. The van der Waals surface area contributed by atoms with E-state index in [2.05, 4.69) is 26.7 Å². The number of hydrogen-bond donors (Lipinski definition) is 0. The van der Waals surface area contributed by atoms with Crippen molar-refractivity contribution >= 4 is 15.8 Å². The second-order valence-electron chi connectivity index (χ2n) is 3.98. The van der Waals surface area contributed by atoms with Gasteiger partial charge in [0.1, 0.15) is 0 Å². The van der Waals surface area contributed by atoms with Gasteiger partial charge in [0.2, 0.25) is 0 Å². The molecule has 0 amide bonds. The molecule has 0 atom stereocenters. The molecule has 0 aliphatic heterocycles. The van der Waals surface area contributed by atoms with E-state index in [9.17, 15) is 0 Å². The minimum absolute atomic E-state index is 0.303. The van der Waals surface area contributed by atoms with Crippen LogP contribution in [0.15, 0.2) is 0 Å². The van der Waals surface area contributed by atoms with Crippen molar-refractivity contribution in [1.29, 1.82) is 0 Å². The summed E-state index contributed by atoms with van der Waals surface area (Å²) < 4.78 is 0. The summed E-state index contributed by atoms with van der Waals surface area (Å²) in [6.07, 6.45) is 6.07. The van der Waals surface area contributed by atoms with Gasteiger partial charge in [-0.3, -0.25) is 0 Å². The zero-order valence-electron chi connectivity index (χ0n) is 8.22. The van der Waals surface area contributed by atoms with Crippen LogP contribution in [0.1, 0.15) is 25.7 Å². The van der Waals surface area contributed by atoms with Crippen LogP contribution in [0.5, 0.6) is 0 Å². The van der Waals surface area contributed by atoms with Crippen LogP contribution in [0, 0.1) is 0 Å². The predicted octanol–water partition coefficient (Wildman–Crippen LogP) is 3.74. The van der Waals surface area contributed by atoms with Crippen molar-refractivity contribution in [2.24, 2.45) is 0 Å². The van der Waals surface area contributed by atoms with Gasteiger partial charge in [-0.15, -0.1) is 15.8 Å². The Bertz CT molecular complexity index is 114. The van der Waals surface area contributed by atoms with Crippen LogP contribution in [0.4, 0.5) is 0 Å².